The topological polar surface area (TPSA) is 35.2 Å². The Kier molecular flexibility index (Phi) is 5.39. The lowest BCUT2D eigenvalue weighted by atomic mass is 10.1. The van der Waals surface area contributed by atoms with Gasteiger partial charge in [-0.25, -0.2) is 0 Å². The summed E-state index contributed by atoms with van der Waals surface area (Å²) in [7, 11) is 0. The standard InChI is InChI=1S/C17H18BrNO/c1-13(19)16-12-15(18)9-10-17(16)20-11-5-8-14-6-3-2-4-7-14/h2-10,12-13H,11,19H2,1H3/t13-/m0/s1. The Morgan fingerprint density at radius 1 is 1.20 bits per heavy atom. The summed E-state index contributed by atoms with van der Waals surface area (Å²) < 4.78 is 6.80. The summed E-state index contributed by atoms with van der Waals surface area (Å²) in [6.07, 6.45) is 4.05. The summed E-state index contributed by atoms with van der Waals surface area (Å²) in [4.78, 5) is 0. The fraction of sp³-hybridized carbons (Fsp3) is 0.176. The first kappa shape index (κ1) is 14.8. The third kappa shape index (κ3) is 4.22. The molecule has 0 saturated heterocycles. The highest BCUT2D eigenvalue weighted by Gasteiger charge is 2.08. The van der Waals surface area contributed by atoms with Crippen LogP contribution in [0.15, 0.2) is 59.1 Å². The number of hydrogen-bond acceptors (Lipinski definition) is 2. The van der Waals surface area contributed by atoms with Gasteiger partial charge in [0, 0.05) is 16.1 Å². The summed E-state index contributed by atoms with van der Waals surface area (Å²) in [6.45, 7) is 2.48. The number of nitrogens with two attached hydrogens (primary N) is 1. The van der Waals surface area contributed by atoms with E-state index in [9.17, 15) is 0 Å². The van der Waals surface area contributed by atoms with E-state index in [4.69, 9.17) is 10.5 Å². The van der Waals surface area contributed by atoms with Crippen molar-refractivity contribution in [1.29, 1.82) is 0 Å². The summed E-state index contributed by atoms with van der Waals surface area (Å²) >= 11 is 3.45. The van der Waals surface area contributed by atoms with Gasteiger partial charge in [-0.1, -0.05) is 52.3 Å². The van der Waals surface area contributed by atoms with Crippen LogP contribution in [0.5, 0.6) is 5.75 Å². The largest absolute Gasteiger partial charge is 0.489 e. The molecule has 2 rings (SSSR count). The van der Waals surface area contributed by atoms with Crippen molar-refractivity contribution < 1.29 is 4.74 Å². The highest BCUT2D eigenvalue weighted by molar-refractivity contribution is 9.10. The molecule has 2 nitrogen and oxygen atoms in total. The Morgan fingerprint density at radius 2 is 1.95 bits per heavy atom. The van der Waals surface area contributed by atoms with Crippen LogP contribution in [0.25, 0.3) is 6.08 Å². The molecule has 0 aromatic heterocycles. The molecule has 20 heavy (non-hydrogen) atoms. The lowest BCUT2D eigenvalue weighted by Crippen LogP contribution is -2.08. The molecule has 3 heteroatoms. The van der Waals surface area contributed by atoms with Gasteiger partial charge in [0.05, 0.1) is 0 Å². The summed E-state index contributed by atoms with van der Waals surface area (Å²) in [6, 6.07) is 16.0. The van der Waals surface area contributed by atoms with Crippen molar-refractivity contribution in [1.82, 2.24) is 0 Å². The molecule has 0 heterocycles. The van der Waals surface area contributed by atoms with Crippen LogP contribution in [0.3, 0.4) is 0 Å². The maximum absolute atomic E-state index is 5.96. The van der Waals surface area contributed by atoms with Crippen molar-refractivity contribution in [3.63, 3.8) is 0 Å². The van der Waals surface area contributed by atoms with Gasteiger partial charge in [-0.15, -0.1) is 0 Å². The van der Waals surface area contributed by atoms with Crippen LogP contribution >= 0.6 is 15.9 Å². The van der Waals surface area contributed by atoms with E-state index in [0.29, 0.717) is 6.61 Å². The predicted molar refractivity (Wildman–Crippen MR) is 87.7 cm³/mol. The van der Waals surface area contributed by atoms with Gasteiger partial charge < -0.3 is 10.5 Å². The highest BCUT2D eigenvalue weighted by Crippen LogP contribution is 2.27. The van der Waals surface area contributed by atoms with Gasteiger partial charge in [-0.2, -0.15) is 0 Å². The number of benzene rings is 2. The number of ether oxygens (including phenoxy) is 1. The van der Waals surface area contributed by atoms with Crippen molar-refractivity contribution in [2.24, 2.45) is 5.73 Å². The fourth-order valence-electron chi connectivity index (χ4n) is 1.89. The molecular formula is C17H18BrNO. The molecule has 0 aliphatic rings. The van der Waals surface area contributed by atoms with E-state index in [1.165, 1.54) is 5.56 Å². The third-order valence-electron chi connectivity index (χ3n) is 2.91. The Hall–Kier alpha value is -1.58. The van der Waals surface area contributed by atoms with Crippen LogP contribution < -0.4 is 10.5 Å². The zero-order chi connectivity index (χ0) is 14.4. The minimum absolute atomic E-state index is 0.0550. The Balaban J connectivity index is 1.99. The zero-order valence-electron chi connectivity index (χ0n) is 11.4. The predicted octanol–water partition coefficient (Wildman–Crippen LogP) is 4.56. The van der Waals surface area contributed by atoms with Gasteiger partial charge in [-0.05, 0) is 36.8 Å². The second-order valence-electron chi connectivity index (χ2n) is 4.59. The Morgan fingerprint density at radius 3 is 2.65 bits per heavy atom. The summed E-state index contributed by atoms with van der Waals surface area (Å²) in [5.41, 5.74) is 8.13. The molecular weight excluding hydrogens is 314 g/mol. The fourth-order valence-corrected chi connectivity index (χ4v) is 2.27. The van der Waals surface area contributed by atoms with E-state index in [2.05, 4.69) is 28.1 Å². The second-order valence-corrected chi connectivity index (χ2v) is 5.51. The smallest absolute Gasteiger partial charge is 0.124 e. The molecule has 0 bridgehead atoms. The minimum Gasteiger partial charge on any atom is -0.489 e. The van der Waals surface area contributed by atoms with Crippen LogP contribution in [0.1, 0.15) is 24.1 Å². The van der Waals surface area contributed by atoms with Crippen LogP contribution in [-0.4, -0.2) is 6.61 Å². The molecule has 0 amide bonds. The Labute approximate surface area is 128 Å². The maximum Gasteiger partial charge on any atom is 0.124 e. The van der Waals surface area contributed by atoms with Gasteiger partial charge in [0.25, 0.3) is 0 Å². The SMILES string of the molecule is C[C@H](N)c1cc(Br)ccc1OCC=Cc1ccccc1. The monoisotopic (exact) mass is 331 g/mol. The normalized spacial score (nSPS) is 12.6. The molecule has 0 aliphatic carbocycles. The van der Waals surface area contributed by atoms with Crippen molar-refractivity contribution in [2.75, 3.05) is 6.61 Å². The molecule has 0 radical (unpaired) electrons. The third-order valence-corrected chi connectivity index (χ3v) is 3.40. The van der Waals surface area contributed by atoms with E-state index in [1.807, 2.05) is 55.5 Å². The minimum atomic E-state index is -0.0550. The highest BCUT2D eigenvalue weighted by atomic mass is 79.9. The summed E-state index contributed by atoms with van der Waals surface area (Å²) in [5, 5.41) is 0. The quantitative estimate of drug-likeness (QED) is 0.871. The van der Waals surface area contributed by atoms with Crippen molar-refractivity contribution in [3.05, 3.63) is 70.2 Å². The first-order chi connectivity index (χ1) is 9.66. The molecule has 0 aliphatic heterocycles. The van der Waals surface area contributed by atoms with E-state index in [1.54, 1.807) is 0 Å². The molecule has 104 valence electrons. The van der Waals surface area contributed by atoms with Crippen LogP contribution in [0.2, 0.25) is 0 Å². The molecule has 0 fully saturated rings. The molecule has 1 atom stereocenters. The van der Waals surface area contributed by atoms with Crippen LogP contribution in [-0.2, 0) is 0 Å². The number of hydrogen-bond donors (Lipinski definition) is 1. The van der Waals surface area contributed by atoms with Crippen molar-refractivity contribution >= 4 is 22.0 Å². The maximum atomic E-state index is 5.96. The first-order valence-electron chi connectivity index (χ1n) is 6.56. The van der Waals surface area contributed by atoms with E-state index in [-0.39, 0.29) is 6.04 Å². The molecule has 0 saturated carbocycles. The molecule has 2 aromatic carbocycles. The lowest BCUT2D eigenvalue weighted by Gasteiger charge is -2.13. The van der Waals surface area contributed by atoms with Gasteiger partial charge >= 0.3 is 0 Å². The number of halogens is 1. The van der Waals surface area contributed by atoms with Gasteiger partial charge in [-0.3, -0.25) is 0 Å². The molecule has 2 aromatic rings. The average molecular weight is 332 g/mol. The lowest BCUT2D eigenvalue weighted by molar-refractivity contribution is 0.357. The first-order valence-corrected chi connectivity index (χ1v) is 7.35. The van der Waals surface area contributed by atoms with E-state index >= 15 is 0 Å². The van der Waals surface area contributed by atoms with Crippen molar-refractivity contribution in [3.8, 4) is 5.75 Å². The van der Waals surface area contributed by atoms with Crippen molar-refractivity contribution in [2.45, 2.75) is 13.0 Å². The molecule has 0 spiro atoms. The van der Waals surface area contributed by atoms with Crippen LogP contribution in [0, 0.1) is 0 Å². The van der Waals surface area contributed by atoms with Gasteiger partial charge in [0.15, 0.2) is 0 Å². The average Bonchev–Trinajstić information content (AvgIpc) is 2.45. The molecule has 0 unspecified atom stereocenters. The number of rotatable bonds is 5. The van der Waals surface area contributed by atoms with E-state index in [0.717, 1.165) is 15.8 Å². The zero-order valence-corrected chi connectivity index (χ0v) is 13.0. The van der Waals surface area contributed by atoms with E-state index < -0.39 is 0 Å². The Bertz CT molecular complexity index is 579. The summed E-state index contributed by atoms with van der Waals surface area (Å²) in [5.74, 6) is 0.834. The van der Waals surface area contributed by atoms with Gasteiger partial charge in [0.1, 0.15) is 12.4 Å². The second kappa shape index (κ2) is 7.27. The van der Waals surface area contributed by atoms with Gasteiger partial charge in [0.2, 0.25) is 0 Å². The molecule has 2 N–H and O–H groups in total. The van der Waals surface area contributed by atoms with Crippen LogP contribution in [0.4, 0.5) is 0 Å².